The van der Waals surface area contributed by atoms with Gasteiger partial charge in [-0.05, 0) is 34.4 Å². The van der Waals surface area contributed by atoms with Crippen LogP contribution in [0.2, 0.25) is 0 Å². The van der Waals surface area contributed by atoms with Crippen LogP contribution in [0.1, 0.15) is 49.4 Å². The summed E-state index contributed by atoms with van der Waals surface area (Å²) in [6, 6.07) is 22.5. The summed E-state index contributed by atoms with van der Waals surface area (Å²) < 4.78 is 7.62. The van der Waals surface area contributed by atoms with Crippen molar-refractivity contribution in [3.8, 4) is 11.1 Å². The topological polar surface area (TPSA) is 111 Å². The van der Waals surface area contributed by atoms with E-state index < -0.39 is 35.7 Å². The third kappa shape index (κ3) is 4.06. The van der Waals surface area contributed by atoms with E-state index in [0.29, 0.717) is 10.8 Å². The van der Waals surface area contributed by atoms with Gasteiger partial charge >= 0.3 is 12.1 Å². The van der Waals surface area contributed by atoms with Crippen molar-refractivity contribution in [1.29, 1.82) is 0 Å². The Morgan fingerprint density at radius 2 is 1.40 bits per heavy atom. The standard InChI is InChI=1S/C32H26N4O6/c1-34-18-33-14-28(34)25-15-35(16-26(25)31(39)42-36-29(37)23-12-6-7-13-24(23)30(36)38)32(40)41-17-27-21-10-4-2-8-19(21)20-9-3-5-11-22(20)27/h2-14,18,25-27H,15-17H2,1H3/t25-,26-/m1/s1. The number of hydrogen-bond donors (Lipinski definition) is 0. The van der Waals surface area contributed by atoms with E-state index in [1.54, 1.807) is 36.3 Å². The molecule has 3 amide bonds. The number of aromatic nitrogens is 2. The van der Waals surface area contributed by atoms with Crippen LogP contribution < -0.4 is 0 Å². The van der Waals surface area contributed by atoms with Gasteiger partial charge in [0.2, 0.25) is 0 Å². The molecule has 0 spiro atoms. The average molecular weight is 563 g/mol. The Labute approximate surface area is 241 Å². The first-order valence-corrected chi connectivity index (χ1v) is 13.7. The van der Waals surface area contributed by atoms with Gasteiger partial charge in [0, 0.05) is 43.9 Å². The van der Waals surface area contributed by atoms with Crippen LogP contribution in [0.4, 0.5) is 4.79 Å². The van der Waals surface area contributed by atoms with Crippen molar-refractivity contribution < 1.29 is 28.8 Å². The van der Waals surface area contributed by atoms with E-state index in [1.807, 2.05) is 36.4 Å². The molecule has 0 radical (unpaired) electrons. The quantitative estimate of drug-likeness (QED) is 0.336. The molecule has 10 nitrogen and oxygen atoms in total. The zero-order chi connectivity index (χ0) is 29.0. The van der Waals surface area contributed by atoms with E-state index in [9.17, 15) is 19.2 Å². The number of rotatable bonds is 5. The van der Waals surface area contributed by atoms with Crippen molar-refractivity contribution in [2.24, 2.45) is 13.0 Å². The average Bonchev–Trinajstić information content (AvgIpc) is 3.77. The van der Waals surface area contributed by atoms with Crippen LogP contribution in [-0.4, -0.2) is 63.1 Å². The highest BCUT2D eigenvalue weighted by Gasteiger charge is 2.46. The maximum absolute atomic E-state index is 13.5. The zero-order valence-corrected chi connectivity index (χ0v) is 22.7. The normalized spacial score (nSPS) is 19.1. The van der Waals surface area contributed by atoms with Crippen LogP contribution in [0.15, 0.2) is 85.3 Å². The lowest BCUT2D eigenvalue weighted by Crippen LogP contribution is -2.37. The fourth-order valence-electron chi connectivity index (χ4n) is 6.31. The molecule has 1 saturated heterocycles. The molecule has 10 heteroatoms. The molecule has 7 rings (SSSR count). The number of likely N-dealkylation sites (tertiary alicyclic amines) is 1. The van der Waals surface area contributed by atoms with E-state index in [4.69, 9.17) is 9.57 Å². The Bertz CT molecular complexity index is 1680. The van der Waals surface area contributed by atoms with Crippen molar-refractivity contribution in [3.05, 3.63) is 113 Å². The highest BCUT2D eigenvalue weighted by molar-refractivity contribution is 6.20. The Hall–Kier alpha value is -5.25. The number of hydroxylamine groups is 2. The van der Waals surface area contributed by atoms with E-state index in [2.05, 4.69) is 17.1 Å². The third-order valence-electron chi connectivity index (χ3n) is 8.39. The molecule has 0 unspecified atom stereocenters. The highest BCUT2D eigenvalue weighted by atomic mass is 16.7. The molecule has 3 aromatic carbocycles. The van der Waals surface area contributed by atoms with Gasteiger partial charge in [-0.1, -0.05) is 65.7 Å². The van der Waals surface area contributed by atoms with E-state index in [0.717, 1.165) is 22.3 Å². The Morgan fingerprint density at radius 1 is 0.833 bits per heavy atom. The number of nitrogens with zero attached hydrogens (tertiary/aromatic N) is 4. The summed E-state index contributed by atoms with van der Waals surface area (Å²) in [5.74, 6) is -3.64. The molecule has 2 atom stereocenters. The maximum atomic E-state index is 13.5. The van der Waals surface area contributed by atoms with E-state index in [1.165, 1.54) is 17.0 Å². The van der Waals surface area contributed by atoms with Crippen LogP contribution in [0.3, 0.4) is 0 Å². The van der Waals surface area contributed by atoms with Gasteiger partial charge in [0.15, 0.2) is 0 Å². The number of carbonyl (C=O) groups excluding carboxylic acids is 4. The smallest absolute Gasteiger partial charge is 0.409 e. The van der Waals surface area contributed by atoms with Gasteiger partial charge < -0.3 is 19.0 Å². The van der Waals surface area contributed by atoms with E-state index >= 15 is 0 Å². The fourth-order valence-corrected chi connectivity index (χ4v) is 6.31. The molecular formula is C32H26N4O6. The predicted octanol–water partition coefficient (Wildman–Crippen LogP) is 4.14. The SMILES string of the molecule is Cn1cncc1[C@@H]1CN(C(=O)OCC2c3ccccc3-c3ccccc32)C[C@H]1C(=O)ON1C(=O)c2ccccc2C1=O. The molecule has 1 fully saturated rings. The number of benzene rings is 3. The first-order chi connectivity index (χ1) is 20.4. The second kappa shape index (κ2) is 9.99. The second-order valence-electron chi connectivity index (χ2n) is 10.7. The molecule has 3 heterocycles. The largest absolute Gasteiger partial charge is 0.448 e. The predicted molar refractivity (Wildman–Crippen MR) is 149 cm³/mol. The van der Waals surface area contributed by atoms with Crippen LogP contribution >= 0.6 is 0 Å². The van der Waals surface area contributed by atoms with Crippen LogP contribution in [0, 0.1) is 5.92 Å². The zero-order valence-electron chi connectivity index (χ0n) is 22.7. The van der Waals surface area contributed by atoms with Crippen molar-refractivity contribution in [3.63, 3.8) is 0 Å². The second-order valence-corrected chi connectivity index (χ2v) is 10.7. The van der Waals surface area contributed by atoms with E-state index in [-0.39, 0.29) is 36.7 Å². The summed E-state index contributed by atoms with van der Waals surface area (Å²) in [4.78, 5) is 63.6. The first-order valence-electron chi connectivity index (χ1n) is 13.7. The number of amides is 3. The molecule has 42 heavy (non-hydrogen) atoms. The number of carbonyl (C=O) groups is 4. The van der Waals surface area contributed by atoms with Gasteiger partial charge in [-0.15, -0.1) is 0 Å². The van der Waals surface area contributed by atoms with Crippen LogP contribution in [0.25, 0.3) is 11.1 Å². The lowest BCUT2D eigenvalue weighted by Gasteiger charge is -2.20. The van der Waals surface area contributed by atoms with Gasteiger partial charge in [-0.3, -0.25) is 9.59 Å². The lowest BCUT2D eigenvalue weighted by molar-refractivity contribution is -0.173. The van der Waals surface area contributed by atoms with Gasteiger partial charge in [0.05, 0.1) is 23.4 Å². The summed E-state index contributed by atoms with van der Waals surface area (Å²) in [5.41, 5.74) is 5.51. The molecule has 0 N–H and O–H groups in total. The van der Waals surface area contributed by atoms with Crippen molar-refractivity contribution in [2.45, 2.75) is 11.8 Å². The Balaban J connectivity index is 1.09. The highest BCUT2D eigenvalue weighted by Crippen LogP contribution is 2.44. The minimum Gasteiger partial charge on any atom is -0.448 e. The van der Waals surface area contributed by atoms with Crippen molar-refractivity contribution >= 4 is 23.9 Å². The third-order valence-corrected chi connectivity index (χ3v) is 8.39. The number of aryl methyl sites for hydroxylation is 1. The maximum Gasteiger partial charge on any atom is 0.409 e. The number of ether oxygens (including phenoxy) is 1. The molecule has 1 aromatic heterocycles. The molecule has 1 aliphatic carbocycles. The van der Waals surface area contributed by atoms with Gasteiger partial charge in [0.25, 0.3) is 11.8 Å². The van der Waals surface area contributed by atoms with Crippen LogP contribution in [0.5, 0.6) is 0 Å². The first kappa shape index (κ1) is 25.7. The summed E-state index contributed by atoms with van der Waals surface area (Å²) in [7, 11) is 1.80. The van der Waals surface area contributed by atoms with Crippen molar-refractivity contribution in [1.82, 2.24) is 19.5 Å². The summed E-state index contributed by atoms with van der Waals surface area (Å²) >= 11 is 0. The van der Waals surface area contributed by atoms with Gasteiger partial charge in [-0.25, -0.2) is 14.6 Å². The van der Waals surface area contributed by atoms with Gasteiger partial charge in [0.1, 0.15) is 6.61 Å². The number of fused-ring (bicyclic) bond motifs is 4. The van der Waals surface area contributed by atoms with Gasteiger partial charge in [-0.2, -0.15) is 0 Å². The molecule has 4 aromatic rings. The minimum atomic E-state index is -0.856. The summed E-state index contributed by atoms with van der Waals surface area (Å²) in [6.45, 7) is 0.316. The monoisotopic (exact) mass is 562 g/mol. The minimum absolute atomic E-state index is 0.00543. The molecule has 3 aliphatic rings. The van der Waals surface area contributed by atoms with Crippen molar-refractivity contribution in [2.75, 3.05) is 19.7 Å². The molecular weight excluding hydrogens is 536 g/mol. The Kier molecular flexibility index (Phi) is 6.11. The number of imide groups is 1. The molecule has 0 saturated carbocycles. The molecule has 210 valence electrons. The number of imidazole rings is 1. The summed E-state index contributed by atoms with van der Waals surface area (Å²) in [6.07, 6.45) is 2.69. The lowest BCUT2D eigenvalue weighted by atomic mass is 9.93. The Morgan fingerprint density at radius 3 is 1.98 bits per heavy atom. The molecule has 2 aliphatic heterocycles. The summed E-state index contributed by atoms with van der Waals surface area (Å²) in [5, 5.41) is 0.503. The fraction of sp³-hybridized carbons (Fsp3) is 0.219. The van der Waals surface area contributed by atoms with Crippen LogP contribution in [-0.2, 0) is 21.4 Å². The number of hydrogen-bond acceptors (Lipinski definition) is 7. The molecule has 0 bridgehead atoms.